The molecule has 4 nitrogen and oxygen atoms in total. The molecule has 0 radical (unpaired) electrons. The molecule has 94 heavy (non-hydrogen) atoms. The molecule has 16 rings (SSSR count). The summed E-state index contributed by atoms with van der Waals surface area (Å²) in [5, 5.41) is 8.58. The molecule has 0 bridgehead atoms. The van der Waals surface area contributed by atoms with Crippen LogP contribution in [0.1, 0.15) is 52.7 Å². The maximum absolute atomic E-state index is 7.34. The summed E-state index contributed by atoms with van der Waals surface area (Å²) in [5.41, 5.74) is 21.8. The van der Waals surface area contributed by atoms with Gasteiger partial charge in [0.25, 0.3) is 0 Å². The van der Waals surface area contributed by atoms with Crippen LogP contribution < -0.4 is 9.80 Å². The molecule has 0 fully saturated rings. The van der Waals surface area contributed by atoms with Gasteiger partial charge in [0.1, 0.15) is 22.7 Å². The zero-order valence-electron chi connectivity index (χ0n) is 53.7. The third-order valence-electron chi connectivity index (χ3n) is 18.7. The number of anilines is 6. The Bertz CT molecular complexity index is 5140. The van der Waals surface area contributed by atoms with Gasteiger partial charge in [0.2, 0.25) is 0 Å². The third kappa shape index (κ3) is 10.7. The van der Waals surface area contributed by atoms with E-state index in [1.165, 1.54) is 33.4 Å². The van der Waals surface area contributed by atoms with Gasteiger partial charge in [-0.25, -0.2) is 0 Å². The molecule has 452 valence electrons. The molecule has 0 aliphatic rings. The predicted molar refractivity (Wildman–Crippen MR) is 398 cm³/mol. The summed E-state index contributed by atoms with van der Waals surface area (Å²) in [4.78, 5) is 4.76. The van der Waals surface area contributed by atoms with E-state index >= 15 is 0 Å². The molecule has 0 saturated carbocycles. The summed E-state index contributed by atoms with van der Waals surface area (Å²) in [6, 6.07) is 114. The monoisotopic (exact) mass is 1210 g/mol. The van der Waals surface area contributed by atoms with Gasteiger partial charge in [0.05, 0.1) is 0 Å². The lowest BCUT2D eigenvalue weighted by atomic mass is 9.87. The standard InChI is InChI=1S/C90H70N2O2/c1-89(2,3)71-29-19-31-75(57-71)91(73-43-37-61(38-44-73)59-21-11-7-12-22-59)77-47-41-65-53-69(35-33-67(65)55-77)85-83(63-25-15-9-16-26-63)81-51-49-80-79(87(81)93-85)50-52-82-84(64-27-17-10-18-28-64)86(94-88(80)82)70-36-34-68-56-78(48-42-66(68)54-70)92(76-32-20-30-72(58-76)90(4,5)6)74-45-39-62(40-46-74)60-23-13-8-14-24-60/h7-58H,1-6H3. The lowest BCUT2D eigenvalue weighted by Gasteiger charge is -2.28. The Kier molecular flexibility index (Phi) is 14.3. The number of hydrogen-bond donors (Lipinski definition) is 0. The Morgan fingerprint density at radius 1 is 0.223 bits per heavy atom. The van der Waals surface area contributed by atoms with E-state index in [0.29, 0.717) is 0 Å². The summed E-state index contributed by atoms with van der Waals surface area (Å²) in [6.45, 7) is 13.7. The van der Waals surface area contributed by atoms with E-state index in [4.69, 9.17) is 8.83 Å². The van der Waals surface area contributed by atoms with Gasteiger partial charge < -0.3 is 18.6 Å². The summed E-state index contributed by atoms with van der Waals surface area (Å²) in [6.07, 6.45) is 0. The Balaban J connectivity index is 0.787. The van der Waals surface area contributed by atoms with Crippen molar-refractivity contribution in [2.75, 3.05) is 9.80 Å². The molecule has 16 aromatic rings. The van der Waals surface area contributed by atoms with Crippen molar-refractivity contribution in [2.24, 2.45) is 0 Å². The molecule has 14 aromatic carbocycles. The molecule has 0 saturated heterocycles. The molecule has 2 aromatic heterocycles. The van der Waals surface area contributed by atoms with Crippen LogP contribution in [-0.4, -0.2) is 0 Å². The SMILES string of the molecule is CC(C)(C)c1cccc(N(c2ccc(-c3ccccc3)cc2)c2ccc3cc(-c4oc5c(ccc6c5ccc5c(-c7ccccc7)c(-c7ccc8cc(N(c9ccc(-c%10ccccc%10)cc9)c9cccc(C(C)(C)C)c9)ccc8c7)oc56)c4-c4ccccc4)ccc3c2)c1. The third-order valence-corrected chi connectivity index (χ3v) is 18.7. The molecule has 0 N–H and O–H groups in total. The second-order valence-corrected chi connectivity index (χ2v) is 26.9. The Labute approximate surface area is 549 Å². The fraction of sp³-hybridized carbons (Fsp3) is 0.0889. The van der Waals surface area contributed by atoms with Gasteiger partial charge in [-0.15, -0.1) is 0 Å². The van der Waals surface area contributed by atoms with E-state index in [2.05, 4.69) is 367 Å². The fourth-order valence-corrected chi connectivity index (χ4v) is 13.7. The zero-order chi connectivity index (χ0) is 63.7. The van der Waals surface area contributed by atoms with Crippen LogP contribution in [0.4, 0.5) is 34.1 Å². The molecule has 0 aliphatic carbocycles. The Hall–Kier alpha value is -11.5. The number of rotatable bonds is 12. The topological polar surface area (TPSA) is 32.8 Å². The van der Waals surface area contributed by atoms with E-state index in [1.54, 1.807) is 0 Å². The van der Waals surface area contributed by atoms with E-state index < -0.39 is 0 Å². The highest BCUT2D eigenvalue weighted by Crippen LogP contribution is 2.50. The van der Waals surface area contributed by atoms with Crippen molar-refractivity contribution in [3.05, 3.63) is 327 Å². The number of hydrogen-bond acceptors (Lipinski definition) is 4. The fourth-order valence-electron chi connectivity index (χ4n) is 13.7. The molecule has 0 aliphatic heterocycles. The number of furan rings is 2. The van der Waals surface area contributed by atoms with Gasteiger partial charge >= 0.3 is 0 Å². The van der Waals surface area contributed by atoms with Crippen molar-refractivity contribution < 1.29 is 8.83 Å². The largest absolute Gasteiger partial charge is 0.455 e. The molecule has 4 heteroatoms. The van der Waals surface area contributed by atoms with Crippen molar-refractivity contribution >= 4 is 88.4 Å². The normalized spacial score (nSPS) is 11.9. The van der Waals surface area contributed by atoms with Crippen LogP contribution in [0.2, 0.25) is 0 Å². The minimum absolute atomic E-state index is 0.0172. The van der Waals surface area contributed by atoms with Crippen molar-refractivity contribution in [1.29, 1.82) is 0 Å². The predicted octanol–water partition coefficient (Wildman–Crippen LogP) is 26.2. The van der Waals surface area contributed by atoms with Crippen LogP contribution in [0.15, 0.2) is 324 Å². The van der Waals surface area contributed by atoms with Crippen molar-refractivity contribution in [2.45, 2.75) is 52.4 Å². The van der Waals surface area contributed by atoms with E-state index in [0.717, 1.165) is 133 Å². The number of fused-ring (bicyclic) bond motifs is 7. The average Bonchev–Trinajstić information content (AvgIpc) is 1.56. The summed E-state index contributed by atoms with van der Waals surface area (Å²) in [7, 11) is 0. The quantitative estimate of drug-likeness (QED) is 0.122. The van der Waals surface area contributed by atoms with Crippen molar-refractivity contribution in [3.63, 3.8) is 0 Å². The summed E-state index contributed by atoms with van der Waals surface area (Å²) < 4.78 is 14.7. The zero-order valence-corrected chi connectivity index (χ0v) is 53.7. The minimum atomic E-state index is -0.0172. The molecular weight excluding hydrogens is 1140 g/mol. The molecule has 2 heterocycles. The molecule has 0 spiro atoms. The second kappa shape index (κ2) is 23.3. The van der Waals surface area contributed by atoms with Gasteiger partial charge in [0, 0.05) is 77.9 Å². The lowest BCUT2D eigenvalue weighted by Crippen LogP contribution is -2.14. The van der Waals surface area contributed by atoms with Crippen LogP contribution in [-0.2, 0) is 10.8 Å². The highest BCUT2D eigenvalue weighted by molar-refractivity contribution is 6.21. The van der Waals surface area contributed by atoms with Gasteiger partial charge in [-0.05, 0) is 186 Å². The minimum Gasteiger partial charge on any atom is -0.455 e. The van der Waals surface area contributed by atoms with Gasteiger partial charge in [-0.2, -0.15) is 0 Å². The van der Waals surface area contributed by atoms with E-state index in [1.807, 2.05) is 0 Å². The van der Waals surface area contributed by atoms with Crippen LogP contribution in [0, 0.1) is 0 Å². The number of benzene rings is 14. The first-order chi connectivity index (χ1) is 45.8. The van der Waals surface area contributed by atoms with Crippen LogP contribution in [0.5, 0.6) is 0 Å². The van der Waals surface area contributed by atoms with E-state index in [-0.39, 0.29) is 10.8 Å². The maximum Gasteiger partial charge on any atom is 0.143 e. The summed E-state index contributed by atoms with van der Waals surface area (Å²) >= 11 is 0. The lowest BCUT2D eigenvalue weighted by molar-refractivity contribution is 0.590. The number of nitrogens with zero attached hydrogens (tertiary/aromatic N) is 2. The van der Waals surface area contributed by atoms with Crippen LogP contribution in [0.3, 0.4) is 0 Å². The first kappa shape index (κ1) is 57.7. The second-order valence-electron chi connectivity index (χ2n) is 26.9. The van der Waals surface area contributed by atoms with Crippen molar-refractivity contribution in [3.8, 4) is 67.2 Å². The Morgan fingerprint density at radius 3 is 0.894 bits per heavy atom. The first-order valence-electron chi connectivity index (χ1n) is 32.6. The Morgan fingerprint density at radius 2 is 0.521 bits per heavy atom. The van der Waals surface area contributed by atoms with E-state index in [9.17, 15) is 0 Å². The van der Waals surface area contributed by atoms with Gasteiger partial charge in [-0.3, -0.25) is 0 Å². The van der Waals surface area contributed by atoms with Crippen LogP contribution >= 0.6 is 0 Å². The molecule has 0 amide bonds. The maximum atomic E-state index is 7.34. The van der Waals surface area contributed by atoms with Gasteiger partial charge in [-0.1, -0.05) is 248 Å². The molecular formula is C90H70N2O2. The first-order valence-corrected chi connectivity index (χ1v) is 32.6. The molecule has 0 atom stereocenters. The average molecular weight is 1210 g/mol. The molecule has 0 unspecified atom stereocenters. The highest BCUT2D eigenvalue weighted by atomic mass is 16.3. The summed E-state index contributed by atoms with van der Waals surface area (Å²) in [5.74, 6) is 1.65. The van der Waals surface area contributed by atoms with Gasteiger partial charge in [0.15, 0.2) is 0 Å². The smallest absolute Gasteiger partial charge is 0.143 e. The highest BCUT2D eigenvalue weighted by Gasteiger charge is 2.26. The van der Waals surface area contributed by atoms with Crippen LogP contribution in [0.25, 0.3) is 121 Å². The van der Waals surface area contributed by atoms with Crippen molar-refractivity contribution in [1.82, 2.24) is 0 Å².